The third-order valence-electron chi connectivity index (χ3n) is 1.10. The van der Waals surface area contributed by atoms with Crippen LogP contribution in [0.1, 0.15) is 5.56 Å². The van der Waals surface area contributed by atoms with E-state index in [1.807, 2.05) is 0 Å². The van der Waals surface area contributed by atoms with Gasteiger partial charge in [0, 0.05) is 11.8 Å². The number of aliphatic hydroxyl groups excluding tert-OH is 1. The van der Waals surface area contributed by atoms with Gasteiger partial charge in [0.1, 0.15) is 5.15 Å². The van der Waals surface area contributed by atoms with Crippen molar-refractivity contribution in [1.82, 2.24) is 4.98 Å². The van der Waals surface area contributed by atoms with Crippen LogP contribution in [0.3, 0.4) is 0 Å². The Bertz CT molecular complexity index is 219. The molecule has 1 aromatic heterocycles. The lowest BCUT2D eigenvalue weighted by atomic mass is 10.3. The Labute approximate surface area is 68.4 Å². The number of nitrogens with zero attached hydrogens (tertiary/aromatic N) is 1. The molecule has 0 aliphatic carbocycles. The Balaban J connectivity index is 3.17. The summed E-state index contributed by atoms with van der Waals surface area (Å²) in [5.74, 6) is 0. The van der Waals surface area contributed by atoms with E-state index >= 15 is 0 Å². The molecule has 0 unspecified atom stereocenters. The van der Waals surface area contributed by atoms with E-state index in [9.17, 15) is 0 Å². The van der Waals surface area contributed by atoms with Gasteiger partial charge in [-0.25, -0.2) is 4.98 Å². The Morgan fingerprint density at radius 2 is 2.20 bits per heavy atom. The Morgan fingerprint density at radius 3 is 2.60 bits per heavy atom. The first kappa shape index (κ1) is 7.79. The molecule has 0 bridgehead atoms. The molecule has 2 nitrogen and oxygen atoms in total. The summed E-state index contributed by atoms with van der Waals surface area (Å²) in [7, 11) is 0. The van der Waals surface area contributed by atoms with Gasteiger partial charge >= 0.3 is 0 Å². The van der Waals surface area contributed by atoms with Crippen molar-refractivity contribution in [2.24, 2.45) is 0 Å². The molecule has 54 valence electrons. The number of aromatic nitrogens is 1. The Morgan fingerprint density at radius 1 is 1.50 bits per heavy atom. The summed E-state index contributed by atoms with van der Waals surface area (Å²) in [4.78, 5) is 3.73. The van der Waals surface area contributed by atoms with Crippen LogP contribution in [0.4, 0.5) is 0 Å². The van der Waals surface area contributed by atoms with Gasteiger partial charge in [-0.2, -0.15) is 0 Å². The van der Waals surface area contributed by atoms with Gasteiger partial charge in [-0.15, -0.1) is 0 Å². The number of pyridine rings is 1. The van der Waals surface area contributed by atoms with Crippen molar-refractivity contribution in [1.29, 1.82) is 0 Å². The van der Waals surface area contributed by atoms with Crippen LogP contribution in [0.15, 0.2) is 12.3 Å². The summed E-state index contributed by atoms with van der Waals surface area (Å²) in [6, 6.07) is 1.58. The summed E-state index contributed by atoms with van der Waals surface area (Å²) >= 11 is 11.2. The average molecular weight is 178 g/mol. The van der Waals surface area contributed by atoms with E-state index in [2.05, 4.69) is 4.98 Å². The molecule has 0 aliphatic heterocycles. The van der Waals surface area contributed by atoms with Crippen molar-refractivity contribution in [2.45, 2.75) is 6.61 Å². The standard InChI is InChI=1S/C6H5Cl2NO/c7-5-1-2-9-6(8)4(5)3-10/h1-2,10H,3H2. The molecular formula is C6H5Cl2NO. The predicted octanol–water partition coefficient (Wildman–Crippen LogP) is 1.88. The van der Waals surface area contributed by atoms with Gasteiger partial charge in [0.2, 0.25) is 0 Å². The van der Waals surface area contributed by atoms with E-state index in [0.29, 0.717) is 10.6 Å². The minimum Gasteiger partial charge on any atom is -0.392 e. The van der Waals surface area contributed by atoms with Crippen molar-refractivity contribution in [3.05, 3.63) is 28.0 Å². The highest BCUT2D eigenvalue weighted by atomic mass is 35.5. The fourth-order valence-electron chi connectivity index (χ4n) is 0.586. The molecule has 0 saturated heterocycles. The van der Waals surface area contributed by atoms with E-state index in [4.69, 9.17) is 28.3 Å². The van der Waals surface area contributed by atoms with Gasteiger partial charge in [0.05, 0.1) is 11.6 Å². The fourth-order valence-corrected chi connectivity index (χ4v) is 1.06. The molecule has 1 heterocycles. The van der Waals surface area contributed by atoms with Crippen molar-refractivity contribution >= 4 is 23.2 Å². The summed E-state index contributed by atoms with van der Waals surface area (Å²) in [5, 5.41) is 9.40. The first-order valence-corrected chi connectivity index (χ1v) is 3.41. The topological polar surface area (TPSA) is 33.1 Å². The molecule has 1 aromatic rings. The number of aliphatic hydroxyl groups is 1. The summed E-state index contributed by atoms with van der Waals surface area (Å²) in [6.45, 7) is -0.175. The summed E-state index contributed by atoms with van der Waals surface area (Å²) in [5.41, 5.74) is 0.478. The molecule has 0 radical (unpaired) electrons. The molecule has 0 aromatic carbocycles. The van der Waals surface area contributed by atoms with Gasteiger partial charge in [-0.1, -0.05) is 23.2 Å². The molecule has 4 heteroatoms. The number of hydrogen-bond donors (Lipinski definition) is 1. The maximum absolute atomic E-state index is 8.69. The van der Waals surface area contributed by atoms with E-state index < -0.39 is 0 Å². The second kappa shape index (κ2) is 3.19. The van der Waals surface area contributed by atoms with Crippen molar-refractivity contribution < 1.29 is 5.11 Å². The predicted molar refractivity (Wildman–Crippen MR) is 40.2 cm³/mol. The van der Waals surface area contributed by atoms with E-state index in [0.717, 1.165) is 0 Å². The van der Waals surface area contributed by atoms with Crippen LogP contribution in [0, 0.1) is 0 Å². The van der Waals surface area contributed by atoms with Crippen LogP contribution in [-0.4, -0.2) is 10.1 Å². The summed E-state index contributed by atoms with van der Waals surface area (Å²) in [6.07, 6.45) is 1.49. The molecular weight excluding hydrogens is 173 g/mol. The molecule has 0 atom stereocenters. The largest absolute Gasteiger partial charge is 0.392 e. The van der Waals surface area contributed by atoms with Crippen molar-refractivity contribution in [2.75, 3.05) is 0 Å². The highest BCUT2D eigenvalue weighted by molar-refractivity contribution is 6.35. The molecule has 0 spiro atoms. The lowest BCUT2D eigenvalue weighted by Crippen LogP contribution is -1.88. The number of halogens is 2. The highest BCUT2D eigenvalue weighted by Crippen LogP contribution is 2.21. The van der Waals surface area contributed by atoms with Crippen LogP contribution < -0.4 is 0 Å². The summed E-state index contributed by atoms with van der Waals surface area (Å²) < 4.78 is 0. The number of hydrogen-bond acceptors (Lipinski definition) is 2. The minimum absolute atomic E-state index is 0.175. The zero-order valence-electron chi connectivity index (χ0n) is 5.01. The highest BCUT2D eigenvalue weighted by Gasteiger charge is 2.03. The average Bonchev–Trinajstić information content (AvgIpc) is 1.88. The molecule has 0 amide bonds. The molecule has 0 fully saturated rings. The van der Waals surface area contributed by atoms with E-state index in [-0.39, 0.29) is 11.8 Å². The first-order valence-electron chi connectivity index (χ1n) is 2.65. The molecule has 10 heavy (non-hydrogen) atoms. The van der Waals surface area contributed by atoms with E-state index in [1.54, 1.807) is 6.07 Å². The normalized spacial score (nSPS) is 9.90. The van der Waals surface area contributed by atoms with Gasteiger partial charge in [0.25, 0.3) is 0 Å². The van der Waals surface area contributed by atoms with E-state index in [1.165, 1.54) is 6.20 Å². The maximum atomic E-state index is 8.69. The third-order valence-corrected chi connectivity index (χ3v) is 1.78. The SMILES string of the molecule is OCc1c(Cl)ccnc1Cl. The molecule has 1 N–H and O–H groups in total. The van der Waals surface area contributed by atoms with Gasteiger partial charge < -0.3 is 5.11 Å². The van der Waals surface area contributed by atoms with Gasteiger partial charge in [0.15, 0.2) is 0 Å². The maximum Gasteiger partial charge on any atom is 0.136 e. The van der Waals surface area contributed by atoms with Crippen LogP contribution in [-0.2, 0) is 6.61 Å². The number of rotatable bonds is 1. The quantitative estimate of drug-likeness (QED) is 0.666. The lowest BCUT2D eigenvalue weighted by Gasteiger charge is -1.99. The van der Waals surface area contributed by atoms with Crippen LogP contribution in [0.2, 0.25) is 10.2 Å². The fraction of sp³-hybridized carbons (Fsp3) is 0.167. The van der Waals surface area contributed by atoms with Crippen LogP contribution in [0.25, 0.3) is 0 Å². The molecule has 0 aliphatic rings. The van der Waals surface area contributed by atoms with Gasteiger partial charge in [-0.3, -0.25) is 0 Å². The van der Waals surface area contributed by atoms with Crippen LogP contribution in [0.5, 0.6) is 0 Å². The van der Waals surface area contributed by atoms with Crippen molar-refractivity contribution in [3.8, 4) is 0 Å². The Kier molecular flexibility index (Phi) is 2.49. The Hall–Kier alpha value is -0.310. The molecule has 0 saturated carbocycles. The lowest BCUT2D eigenvalue weighted by molar-refractivity contribution is 0.281. The van der Waals surface area contributed by atoms with Gasteiger partial charge in [-0.05, 0) is 6.07 Å². The smallest absolute Gasteiger partial charge is 0.136 e. The first-order chi connectivity index (χ1) is 4.75. The monoisotopic (exact) mass is 177 g/mol. The minimum atomic E-state index is -0.175. The zero-order valence-corrected chi connectivity index (χ0v) is 6.52. The second-order valence-electron chi connectivity index (χ2n) is 1.72. The molecule has 1 rings (SSSR count). The van der Waals surface area contributed by atoms with Crippen LogP contribution >= 0.6 is 23.2 Å². The van der Waals surface area contributed by atoms with Crippen molar-refractivity contribution in [3.63, 3.8) is 0 Å². The third kappa shape index (κ3) is 1.40. The second-order valence-corrected chi connectivity index (χ2v) is 2.49. The zero-order chi connectivity index (χ0) is 7.56.